The molecule has 0 bridgehead atoms. The number of hydrogen-bond donors (Lipinski definition) is 1. The van der Waals surface area contributed by atoms with Crippen LogP contribution in [0.25, 0.3) is 0 Å². The van der Waals surface area contributed by atoms with E-state index in [1.54, 1.807) is 0 Å². The first kappa shape index (κ1) is 14.7. The summed E-state index contributed by atoms with van der Waals surface area (Å²) in [6.07, 6.45) is 0. The second-order valence-corrected chi connectivity index (χ2v) is 8.43. The number of halogens is 1. The van der Waals surface area contributed by atoms with E-state index in [9.17, 15) is 0 Å². The van der Waals surface area contributed by atoms with Gasteiger partial charge in [0.25, 0.3) is 0 Å². The summed E-state index contributed by atoms with van der Waals surface area (Å²) in [6.45, 7) is 10.6. The van der Waals surface area contributed by atoms with Gasteiger partial charge in [0.05, 0.1) is 5.60 Å². The molecule has 0 fully saturated rings. The summed E-state index contributed by atoms with van der Waals surface area (Å²) in [6, 6.07) is 5.84. The minimum Gasteiger partial charge on any atom is -0.408 e. The van der Waals surface area contributed by atoms with Crippen molar-refractivity contribution in [2.75, 3.05) is 5.73 Å². The minimum absolute atomic E-state index is 0.174. The Hall–Kier alpha value is -0.323. The van der Waals surface area contributed by atoms with Gasteiger partial charge in [-0.2, -0.15) is 0 Å². The van der Waals surface area contributed by atoms with Gasteiger partial charge < -0.3 is 10.2 Å². The van der Waals surface area contributed by atoms with Gasteiger partial charge in [0, 0.05) is 15.7 Å². The largest absolute Gasteiger partial charge is 0.408 e. The highest BCUT2D eigenvalue weighted by atomic mass is 79.9. The van der Waals surface area contributed by atoms with Crippen LogP contribution in [0.4, 0.5) is 5.69 Å². The van der Waals surface area contributed by atoms with Crippen LogP contribution >= 0.6 is 15.9 Å². The lowest BCUT2D eigenvalue weighted by Crippen LogP contribution is -2.28. The van der Waals surface area contributed by atoms with E-state index in [0.29, 0.717) is 9.76 Å². The highest BCUT2D eigenvalue weighted by molar-refractivity contribution is 9.10. The zero-order valence-electron chi connectivity index (χ0n) is 11.1. The Bertz CT molecular complexity index is 379. The Balaban J connectivity index is 2.97. The van der Waals surface area contributed by atoms with Crippen molar-refractivity contribution in [3.63, 3.8) is 0 Å². The predicted molar refractivity (Wildman–Crippen MR) is 78.1 cm³/mol. The van der Waals surface area contributed by atoms with Gasteiger partial charge >= 0.3 is 0 Å². The molecule has 1 aromatic carbocycles. The van der Waals surface area contributed by atoms with Crippen molar-refractivity contribution in [1.29, 1.82) is 0 Å². The van der Waals surface area contributed by atoms with E-state index >= 15 is 0 Å². The van der Waals surface area contributed by atoms with Crippen molar-refractivity contribution < 1.29 is 4.43 Å². The normalized spacial score (nSPS) is 12.8. The smallest absolute Gasteiger partial charge is 0.236 e. The second-order valence-electron chi connectivity index (χ2n) is 5.67. The summed E-state index contributed by atoms with van der Waals surface area (Å²) in [5, 5.41) is 0.174. The summed E-state index contributed by atoms with van der Waals surface area (Å²) in [4.78, 5) is 0. The third-order valence-corrected chi connectivity index (χ3v) is 4.15. The van der Waals surface area contributed by atoms with Gasteiger partial charge in [-0.15, -0.1) is 0 Å². The van der Waals surface area contributed by atoms with Crippen molar-refractivity contribution in [2.45, 2.75) is 45.3 Å². The van der Waals surface area contributed by atoms with Crippen LogP contribution in [0.5, 0.6) is 0 Å². The molecule has 2 N–H and O–H groups in total. The molecule has 1 rings (SSSR count). The molecule has 0 aliphatic rings. The van der Waals surface area contributed by atoms with Crippen LogP contribution < -0.4 is 5.73 Å². The average Bonchev–Trinajstić information content (AvgIpc) is 2.13. The first-order valence-electron chi connectivity index (χ1n) is 5.63. The fourth-order valence-electron chi connectivity index (χ4n) is 1.51. The van der Waals surface area contributed by atoms with Crippen molar-refractivity contribution in [2.24, 2.45) is 0 Å². The standard InChI is InChI=1S/C13H20BrNOSi/c1-12(2,3)17-16-13(4,5)11-9(14)7-6-8-10(11)15/h6-8H,15H2,1-5H3. The topological polar surface area (TPSA) is 35.2 Å². The average molecular weight is 314 g/mol. The second kappa shape index (κ2) is 5.12. The van der Waals surface area contributed by atoms with E-state index in [-0.39, 0.29) is 10.6 Å². The Labute approximate surface area is 115 Å². The lowest BCUT2D eigenvalue weighted by atomic mass is 9.97. The molecular formula is C13H20BrNOSi. The van der Waals surface area contributed by atoms with E-state index in [0.717, 1.165) is 15.7 Å². The Morgan fingerprint density at radius 2 is 1.76 bits per heavy atom. The van der Waals surface area contributed by atoms with Crippen LogP contribution in [0.3, 0.4) is 0 Å². The molecule has 0 unspecified atom stereocenters. The molecule has 0 aromatic heterocycles. The number of nitrogens with two attached hydrogens (primary N) is 1. The van der Waals surface area contributed by atoms with Gasteiger partial charge in [-0.3, -0.25) is 0 Å². The van der Waals surface area contributed by atoms with Crippen molar-refractivity contribution in [1.82, 2.24) is 0 Å². The number of nitrogen functional groups attached to an aromatic ring is 1. The monoisotopic (exact) mass is 313 g/mol. The van der Waals surface area contributed by atoms with Gasteiger partial charge in [0.15, 0.2) is 0 Å². The van der Waals surface area contributed by atoms with Crippen LogP contribution in [0, 0.1) is 0 Å². The van der Waals surface area contributed by atoms with E-state index in [1.807, 2.05) is 18.2 Å². The van der Waals surface area contributed by atoms with Crippen molar-refractivity contribution in [3.8, 4) is 0 Å². The zero-order valence-corrected chi connectivity index (χ0v) is 13.7. The van der Waals surface area contributed by atoms with Crippen LogP contribution in [0.15, 0.2) is 22.7 Å². The third kappa shape index (κ3) is 4.12. The van der Waals surface area contributed by atoms with E-state index in [2.05, 4.69) is 50.5 Å². The predicted octanol–water partition coefficient (Wildman–Crippen LogP) is 4.12. The minimum atomic E-state index is -0.379. The molecule has 0 heterocycles. The van der Waals surface area contributed by atoms with E-state index < -0.39 is 0 Å². The van der Waals surface area contributed by atoms with E-state index in [1.165, 1.54) is 0 Å². The number of hydrogen-bond acceptors (Lipinski definition) is 2. The fourth-order valence-corrected chi connectivity index (χ4v) is 3.03. The SMILES string of the molecule is CC(C)(C)[Si]OC(C)(C)c1c(N)cccc1Br. The maximum atomic E-state index is 6.06. The summed E-state index contributed by atoms with van der Waals surface area (Å²) in [5.74, 6) is 0. The third-order valence-electron chi connectivity index (χ3n) is 2.26. The maximum absolute atomic E-state index is 6.06. The van der Waals surface area contributed by atoms with Crippen LogP contribution in [-0.2, 0) is 10.0 Å². The molecular weight excluding hydrogens is 294 g/mol. The molecule has 0 aliphatic carbocycles. The number of anilines is 1. The first-order chi connectivity index (χ1) is 7.63. The van der Waals surface area contributed by atoms with Gasteiger partial charge in [0.1, 0.15) is 0 Å². The van der Waals surface area contributed by atoms with Crippen LogP contribution in [-0.4, -0.2) is 9.76 Å². The van der Waals surface area contributed by atoms with Crippen molar-refractivity contribution >= 4 is 31.4 Å². The molecule has 2 radical (unpaired) electrons. The van der Waals surface area contributed by atoms with Crippen LogP contribution in [0.2, 0.25) is 5.04 Å². The molecule has 2 nitrogen and oxygen atoms in total. The highest BCUT2D eigenvalue weighted by Gasteiger charge is 2.28. The summed E-state index contributed by atoms with van der Waals surface area (Å²) in [7, 11) is 0.435. The molecule has 0 spiro atoms. The number of rotatable bonds is 3. The Morgan fingerprint density at radius 3 is 2.24 bits per heavy atom. The zero-order chi connectivity index (χ0) is 13.3. The molecule has 4 heteroatoms. The summed E-state index contributed by atoms with van der Waals surface area (Å²) >= 11 is 3.55. The molecule has 0 amide bonds. The molecule has 94 valence electrons. The summed E-state index contributed by atoms with van der Waals surface area (Å²) < 4.78 is 7.06. The molecule has 0 saturated carbocycles. The highest BCUT2D eigenvalue weighted by Crippen LogP contribution is 2.36. The van der Waals surface area contributed by atoms with Crippen molar-refractivity contribution in [3.05, 3.63) is 28.2 Å². The lowest BCUT2D eigenvalue weighted by Gasteiger charge is -2.31. The quantitative estimate of drug-likeness (QED) is 0.673. The molecule has 17 heavy (non-hydrogen) atoms. The lowest BCUT2D eigenvalue weighted by molar-refractivity contribution is 0.109. The maximum Gasteiger partial charge on any atom is 0.236 e. The fraction of sp³-hybridized carbons (Fsp3) is 0.538. The van der Waals surface area contributed by atoms with Gasteiger partial charge in [0.2, 0.25) is 9.76 Å². The Kier molecular flexibility index (Phi) is 4.44. The summed E-state index contributed by atoms with van der Waals surface area (Å²) in [5.41, 5.74) is 7.45. The Morgan fingerprint density at radius 1 is 1.18 bits per heavy atom. The van der Waals surface area contributed by atoms with Gasteiger partial charge in [-0.25, -0.2) is 0 Å². The van der Waals surface area contributed by atoms with Gasteiger partial charge in [-0.1, -0.05) is 42.8 Å². The molecule has 0 atom stereocenters. The number of benzene rings is 1. The molecule has 1 aromatic rings. The first-order valence-corrected chi connectivity index (χ1v) is 7.33. The molecule has 0 aliphatic heterocycles. The van der Waals surface area contributed by atoms with E-state index in [4.69, 9.17) is 10.2 Å². The van der Waals surface area contributed by atoms with Gasteiger partial charge in [-0.05, 0) is 31.0 Å². The van der Waals surface area contributed by atoms with Crippen LogP contribution in [0.1, 0.15) is 40.2 Å². The molecule has 0 saturated heterocycles.